The number of carbonyl (C=O) groups is 1. The van der Waals surface area contributed by atoms with E-state index in [-0.39, 0.29) is 23.1 Å². The summed E-state index contributed by atoms with van der Waals surface area (Å²) in [6, 6.07) is 3.35. The molecule has 0 aromatic carbocycles. The van der Waals surface area contributed by atoms with Crippen molar-refractivity contribution in [2.45, 2.75) is 0 Å². The summed E-state index contributed by atoms with van der Waals surface area (Å²) in [6.45, 7) is 0. The summed E-state index contributed by atoms with van der Waals surface area (Å²) < 4.78 is 10.1. The summed E-state index contributed by atoms with van der Waals surface area (Å²) in [4.78, 5) is 21.2. The first-order valence-corrected chi connectivity index (χ1v) is 4.90. The fraction of sp³-hybridized carbons (Fsp3) is 0. The average molecular weight is 246 g/mol. The smallest absolute Gasteiger partial charge is 0.356 e. The number of nitrogens with zero attached hydrogens (tertiary/aromatic N) is 3. The molecular formula is C10H6N4O4. The lowest BCUT2D eigenvalue weighted by molar-refractivity contribution is 0.0691. The Morgan fingerprint density at radius 3 is 3.06 bits per heavy atom. The molecule has 90 valence electrons. The lowest BCUT2D eigenvalue weighted by Gasteiger charge is -1.90. The molecule has 0 fully saturated rings. The van der Waals surface area contributed by atoms with Gasteiger partial charge in [0.1, 0.15) is 5.69 Å². The van der Waals surface area contributed by atoms with Gasteiger partial charge in [0.25, 0.3) is 5.89 Å². The summed E-state index contributed by atoms with van der Waals surface area (Å²) in [5, 5.41) is 12.6. The van der Waals surface area contributed by atoms with E-state index in [4.69, 9.17) is 14.0 Å². The second kappa shape index (κ2) is 3.84. The van der Waals surface area contributed by atoms with E-state index in [1.54, 1.807) is 12.1 Å². The van der Waals surface area contributed by atoms with Crippen LogP contribution >= 0.6 is 0 Å². The third-order valence-electron chi connectivity index (χ3n) is 2.22. The topological polar surface area (TPSA) is 118 Å². The predicted molar refractivity (Wildman–Crippen MR) is 56.5 cm³/mol. The first-order chi connectivity index (χ1) is 8.75. The molecule has 3 rings (SSSR count). The first kappa shape index (κ1) is 10.3. The Bertz CT molecular complexity index is 682. The number of nitrogens with one attached hydrogen (secondary N) is 1. The van der Waals surface area contributed by atoms with E-state index in [2.05, 4.69) is 20.1 Å². The van der Waals surface area contributed by atoms with Crippen molar-refractivity contribution in [1.29, 1.82) is 0 Å². The molecule has 3 heterocycles. The van der Waals surface area contributed by atoms with E-state index in [1.807, 2.05) is 0 Å². The third kappa shape index (κ3) is 1.56. The Labute approximate surface area is 99.3 Å². The van der Waals surface area contributed by atoms with Crippen molar-refractivity contribution in [3.05, 3.63) is 30.4 Å². The van der Waals surface area contributed by atoms with Crippen LogP contribution in [-0.2, 0) is 0 Å². The molecule has 3 aromatic rings. The number of hydrogen-bond acceptors (Lipinski definition) is 6. The Morgan fingerprint density at radius 1 is 1.44 bits per heavy atom. The molecule has 0 aliphatic carbocycles. The van der Waals surface area contributed by atoms with Crippen LogP contribution < -0.4 is 0 Å². The van der Waals surface area contributed by atoms with Crippen LogP contribution in [-0.4, -0.2) is 31.2 Å². The van der Waals surface area contributed by atoms with E-state index in [9.17, 15) is 4.79 Å². The van der Waals surface area contributed by atoms with E-state index in [0.717, 1.165) is 0 Å². The maximum Gasteiger partial charge on any atom is 0.356 e. The van der Waals surface area contributed by atoms with Crippen LogP contribution in [0.25, 0.3) is 23.2 Å². The van der Waals surface area contributed by atoms with Gasteiger partial charge in [-0.2, -0.15) is 4.98 Å². The second-order valence-electron chi connectivity index (χ2n) is 3.33. The number of carboxylic acid groups (broad SMARTS) is 1. The number of rotatable bonds is 3. The first-order valence-electron chi connectivity index (χ1n) is 4.90. The van der Waals surface area contributed by atoms with Gasteiger partial charge in [0.15, 0.2) is 11.5 Å². The van der Waals surface area contributed by atoms with Crippen molar-refractivity contribution < 1.29 is 18.8 Å². The molecule has 0 amide bonds. The second-order valence-corrected chi connectivity index (χ2v) is 3.33. The van der Waals surface area contributed by atoms with Crippen LogP contribution in [0.2, 0.25) is 0 Å². The molecule has 0 radical (unpaired) electrons. The van der Waals surface area contributed by atoms with Gasteiger partial charge >= 0.3 is 5.97 Å². The number of furan rings is 1. The molecule has 0 unspecified atom stereocenters. The molecule has 2 N–H and O–H groups in total. The molecule has 18 heavy (non-hydrogen) atoms. The summed E-state index contributed by atoms with van der Waals surface area (Å²) in [7, 11) is 0. The van der Waals surface area contributed by atoms with Gasteiger partial charge in [0, 0.05) is 0 Å². The van der Waals surface area contributed by atoms with Crippen LogP contribution in [0.4, 0.5) is 0 Å². The molecule has 0 aliphatic heterocycles. The normalized spacial score (nSPS) is 10.7. The van der Waals surface area contributed by atoms with Gasteiger partial charge in [-0.15, -0.1) is 0 Å². The van der Waals surface area contributed by atoms with Crippen molar-refractivity contribution in [2.75, 3.05) is 0 Å². The van der Waals surface area contributed by atoms with Crippen LogP contribution in [0, 0.1) is 0 Å². The Balaban J connectivity index is 2.03. The molecule has 3 aromatic heterocycles. The standard InChI is InChI=1S/C10H6N4O4/c15-10(16)7-6(11-4-12-7)9-13-8(14-18-9)5-2-1-3-17-5/h1-4H,(H,11,12)(H,15,16). The van der Waals surface area contributed by atoms with Gasteiger partial charge in [-0.05, 0) is 12.1 Å². The van der Waals surface area contributed by atoms with Crippen LogP contribution in [0.3, 0.4) is 0 Å². The molecule has 0 spiro atoms. The van der Waals surface area contributed by atoms with E-state index in [0.29, 0.717) is 5.76 Å². The van der Waals surface area contributed by atoms with Crippen LogP contribution in [0.15, 0.2) is 33.7 Å². The minimum atomic E-state index is -1.18. The largest absolute Gasteiger partial charge is 0.476 e. The summed E-state index contributed by atoms with van der Waals surface area (Å²) >= 11 is 0. The highest BCUT2D eigenvalue weighted by atomic mass is 16.5. The molecule has 0 saturated carbocycles. The van der Waals surface area contributed by atoms with Crippen molar-refractivity contribution in [2.24, 2.45) is 0 Å². The van der Waals surface area contributed by atoms with E-state index >= 15 is 0 Å². The Hall–Kier alpha value is -2.90. The number of hydrogen-bond donors (Lipinski definition) is 2. The highest BCUT2D eigenvalue weighted by Crippen LogP contribution is 2.22. The fourth-order valence-corrected chi connectivity index (χ4v) is 1.45. The lowest BCUT2D eigenvalue weighted by atomic mass is 10.3. The number of aromatic nitrogens is 4. The zero-order chi connectivity index (χ0) is 12.5. The van der Waals surface area contributed by atoms with Gasteiger partial charge in [-0.25, -0.2) is 9.78 Å². The highest BCUT2D eigenvalue weighted by molar-refractivity contribution is 5.91. The maximum atomic E-state index is 10.9. The zero-order valence-corrected chi connectivity index (χ0v) is 8.82. The number of imidazole rings is 1. The summed E-state index contributed by atoms with van der Waals surface area (Å²) in [5.74, 6) is -0.470. The molecule has 0 aliphatic rings. The third-order valence-corrected chi connectivity index (χ3v) is 2.22. The predicted octanol–water partition coefficient (Wildman–Crippen LogP) is 1.42. The number of carboxylic acids is 1. The SMILES string of the molecule is O=C(O)c1nc[nH]c1-c1nc(-c2ccco2)no1. The van der Waals surface area contributed by atoms with Gasteiger partial charge < -0.3 is 19.0 Å². The van der Waals surface area contributed by atoms with Gasteiger partial charge in [0.05, 0.1) is 12.6 Å². The number of H-pyrrole nitrogens is 1. The highest BCUT2D eigenvalue weighted by Gasteiger charge is 2.21. The van der Waals surface area contributed by atoms with E-state index < -0.39 is 5.97 Å². The van der Waals surface area contributed by atoms with Gasteiger partial charge in [-0.1, -0.05) is 5.16 Å². The monoisotopic (exact) mass is 246 g/mol. The van der Waals surface area contributed by atoms with Crippen LogP contribution in [0.1, 0.15) is 10.5 Å². The molecule has 0 saturated heterocycles. The average Bonchev–Trinajstić information content (AvgIpc) is 3.10. The zero-order valence-electron chi connectivity index (χ0n) is 8.82. The van der Waals surface area contributed by atoms with Gasteiger partial charge in [-0.3, -0.25) is 0 Å². The van der Waals surface area contributed by atoms with E-state index in [1.165, 1.54) is 12.6 Å². The molecular weight excluding hydrogens is 240 g/mol. The minimum Gasteiger partial charge on any atom is -0.476 e. The van der Waals surface area contributed by atoms with Gasteiger partial charge in [0.2, 0.25) is 5.82 Å². The lowest BCUT2D eigenvalue weighted by Crippen LogP contribution is -1.99. The number of aromatic carboxylic acids is 1. The maximum absolute atomic E-state index is 10.9. The molecule has 8 nitrogen and oxygen atoms in total. The quantitative estimate of drug-likeness (QED) is 0.717. The van der Waals surface area contributed by atoms with Crippen LogP contribution in [0.5, 0.6) is 0 Å². The van der Waals surface area contributed by atoms with Crippen molar-refractivity contribution in [3.8, 4) is 23.2 Å². The Morgan fingerprint density at radius 2 is 2.33 bits per heavy atom. The van der Waals surface area contributed by atoms with Crippen molar-refractivity contribution in [1.82, 2.24) is 20.1 Å². The molecule has 8 heteroatoms. The van der Waals surface area contributed by atoms with Crippen molar-refractivity contribution in [3.63, 3.8) is 0 Å². The van der Waals surface area contributed by atoms with Crippen molar-refractivity contribution >= 4 is 5.97 Å². The molecule has 0 bridgehead atoms. The summed E-state index contributed by atoms with van der Waals surface area (Å²) in [6.07, 6.45) is 2.72. The Kier molecular flexibility index (Phi) is 2.19. The number of aromatic amines is 1. The fourth-order valence-electron chi connectivity index (χ4n) is 1.45. The summed E-state index contributed by atoms with van der Waals surface area (Å²) in [5.41, 5.74) is -0.0162. The molecule has 0 atom stereocenters. The minimum absolute atomic E-state index is 0.0382.